The molecule has 0 radical (unpaired) electrons. The number of hydrogen-bond acceptors (Lipinski definition) is 1. The Bertz CT molecular complexity index is 873. The molecule has 0 aliphatic carbocycles. The molecule has 3 nitrogen and oxygen atoms in total. The summed E-state index contributed by atoms with van der Waals surface area (Å²) in [5.41, 5.74) is 5.60. The fourth-order valence-electron chi connectivity index (χ4n) is 3.27. The second kappa shape index (κ2) is 6.52. The van der Waals surface area contributed by atoms with Crippen molar-refractivity contribution in [3.63, 3.8) is 0 Å². The van der Waals surface area contributed by atoms with Gasteiger partial charge in [0.25, 0.3) is 0 Å². The fourth-order valence-corrected chi connectivity index (χ4v) is 3.27. The maximum atomic E-state index is 11.2. The Morgan fingerprint density at radius 1 is 1.08 bits per heavy atom. The first kappa shape index (κ1) is 16.3. The monoisotopic (exact) mass is 321 g/mol. The second-order valence-corrected chi connectivity index (χ2v) is 6.63. The molecular formula is C21H23NO2. The number of carboxylic acids is 1. The van der Waals surface area contributed by atoms with E-state index in [2.05, 4.69) is 48.7 Å². The lowest BCUT2D eigenvalue weighted by molar-refractivity contribution is -0.136. The third kappa shape index (κ3) is 3.07. The molecule has 1 aromatic heterocycles. The number of hydrogen-bond donors (Lipinski definition) is 1. The van der Waals surface area contributed by atoms with Crippen LogP contribution in [0, 0.1) is 6.92 Å². The molecule has 0 amide bonds. The molecule has 0 saturated carbocycles. The molecule has 0 atom stereocenters. The molecular weight excluding hydrogens is 298 g/mol. The SMILES string of the molecule is Cc1c(CC(=O)O)c2ccccc2n1Cc1ccc(C(C)C)cc1. The first-order valence-electron chi connectivity index (χ1n) is 8.34. The quantitative estimate of drug-likeness (QED) is 0.737. The van der Waals surface area contributed by atoms with E-state index in [-0.39, 0.29) is 6.42 Å². The smallest absolute Gasteiger partial charge is 0.307 e. The third-order valence-corrected chi connectivity index (χ3v) is 4.68. The minimum Gasteiger partial charge on any atom is -0.481 e. The van der Waals surface area contributed by atoms with E-state index in [9.17, 15) is 9.90 Å². The fraction of sp³-hybridized carbons (Fsp3) is 0.286. The van der Waals surface area contributed by atoms with Gasteiger partial charge in [0.2, 0.25) is 0 Å². The van der Waals surface area contributed by atoms with Gasteiger partial charge in [-0.2, -0.15) is 0 Å². The van der Waals surface area contributed by atoms with E-state index >= 15 is 0 Å². The van der Waals surface area contributed by atoms with Gasteiger partial charge in [0.05, 0.1) is 6.42 Å². The van der Waals surface area contributed by atoms with E-state index in [1.165, 1.54) is 11.1 Å². The van der Waals surface area contributed by atoms with Gasteiger partial charge in [-0.15, -0.1) is 0 Å². The van der Waals surface area contributed by atoms with Gasteiger partial charge < -0.3 is 9.67 Å². The molecule has 1 N–H and O–H groups in total. The summed E-state index contributed by atoms with van der Waals surface area (Å²) in [6.45, 7) is 7.15. The molecule has 0 bridgehead atoms. The van der Waals surface area contributed by atoms with Crippen LogP contribution in [0.1, 0.15) is 42.1 Å². The van der Waals surface area contributed by atoms with E-state index < -0.39 is 5.97 Å². The maximum absolute atomic E-state index is 11.2. The summed E-state index contributed by atoms with van der Waals surface area (Å²) >= 11 is 0. The minimum absolute atomic E-state index is 0.0611. The van der Waals surface area contributed by atoms with Crippen molar-refractivity contribution in [3.8, 4) is 0 Å². The highest BCUT2D eigenvalue weighted by molar-refractivity contribution is 5.89. The van der Waals surface area contributed by atoms with Crippen molar-refractivity contribution < 1.29 is 9.90 Å². The third-order valence-electron chi connectivity index (χ3n) is 4.68. The number of para-hydroxylation sites is 1. The van der Waals surface area contributed by atoms with Crippen molar-refractivity contribution in [1.82, 2.24) is 4.57 Å². The highest BCUT2D eigenvalue weighted by Gasteiger charge is 2.16. The van der Waals surface area contributed by atoms with Crippen molar-refractivity contribution in [2.75, 3.05) is 0 Å². The van der Waals surface area contributed by atoms with Gasteiger partial charge >= 0.3 is 5.97 Å². The Labute approximate surface area is 142 Å². The van der Waals surface area contributed by atoms with E-state index in [1.54, 1.807) is 0 Å². The van der Waals surface area contributed by atoms with Gasteiger partial charge in [-0.05, 0) is 35.6 Å². The van der Waals surface area contributed by atoms with Gasteiger partial charge in [0.15, 0.2) is 0 Å². The zero-order chi connectivity index (χ0) is 17.3. The van der Waals surface area contributed by atoms with Crippen LogP contribution in [-0.4, -0.2) is 15.6 Å². The Morgan fingerprint density at radius 3 is 2.38 bits per heavy atom. The number of rotatable bonds is 5. The van der Waals surface area contributed by atoms with Crippen LogP contribution < -0.4 is 0 Å². The maximum Gasteiger partial charge on any atom is 0.307 e. The van der Waals surface area contributed by atoms with Crippen LogP contribution in [-0.2, 0) is 17.8 Å². The molecule has 24 heavy (non-hydrogen) atoms. The predicted octanol–water partition coefficient (Wildman–Crippen LogP) is 4.75. The molecule has 3 aromatic rings. The Balaban J connectivity index is 2.02. The van der Waals surface area contributed by atoms with E-state index in [0.717, 1.165) is 28.7 Å². The zero-order valence-corrected chi connectivity index (χ0v) is 14.4. The number of fused-ring (bicyclic) bond motifs is 1. The van der Waals surface area contributed by atoms with Crippen LogP contribution in [0.2, 0.25) is 0 Å². The van der Waals surface area contributed by atoms with Crippen molar-refractivity contribution in [3.05, 3.63) is 70.9 Å². The highest BCUT2D eigenvalue weighted by Crippen LogP contribution is 2.27. The molecule has 124 valence electrons. The van der Waals surface area contributed by atoms with Crippen LogP contribution in [0.4, 0.5) is 0 Å². The van der Waals surface area contributed by atoms with Crippen molar-refractivity contribution in [2.45, 2.75) is 39.7 Å². The van der Waals surface area contributed by atoms with Crippen LogP contribution in [0.3, 0.4) is 0 Å². The van der Waals surface area contributed by atoms with Gasteiger partial charge in [-0.3, -0.25) is 4.79 Å². The number of nitrogens with zero attached hydrogens (tertiary/aromatic N) is 1. The molecule has 2 aromatic carbocycles. The average Bonchev–Trinajstić information content (AvgIpc) is 2.81. The summed E-state index contributed by atoms with van der Waals surface area (Å²) in [4.78, 5) is 11.2. The topological polar surface area (TPSA) is 42.2 Å². The van der Waals surface area contributed by atoms with Crippen LogP contribution in [0.25, 0.3) is 10.9 Å². The first-order chi connectivity index (χ1) is 11.5. The predicted molar refractivity (Wildman–Crippen MR) is 97.6 cm³/mol. The second-order valence-electron chi connectivity index (χ2n) is 6.63. The highest BCUT2D eigenvalue weighted by atomic mass is 16.4. The van der Waals surface area contributed by atoms with Crippen LogP contribution >= 0.6 is 0 Å². The van der Waals surface area contributed by atoms with Gasteiger partial charge in [-0.1, -0.05) is 56.3 Å². The lowest BCUT2D eigenvalue weighted by Crippen LogP contribution is -2.05. The molecule has 0 fully saturated rings. The molecule has 0 unspecified atom stereocenters. The Hall–Kier alpha value is -2.55. The Kier molecular flexibility index (Phi) is 4.43. The van der Waals surface area contributed by atoms with Gasteiger partial charge in [-0.25, -0.2) is 0 Å². The number of aliphatic carboxylic acids is 1. The van der Waals surface area contributed by atoms with E-state index in [1.807, 2.05) is 25.1 Å². The molecule has 0 aliphatic heterocycles. The summed E-state index contributed by atoms with van der Waals surface area (Å²) in [6, 6.07) is 16.7. The summed E-state index contributed by atoms with van der Waals surface area (Å²) in [7, 11) is 0. The molecule has 3 heteroatoms. The van der Waals surface area contributed by atoms with E-state index in [4.69, 9.17) is 0 Å². The first-order valence-corrected chi connectivity index (χ1v) is 8.34. The van der Waals surface area contributed by atoms with Crippen molar-refractivity contribution in [2.24, 2.45) is 0 Å². The molecule has 0 spiro atoms. The van der Waals surface area contributed by atoms with Crippen molar-refractivity contribution in [1.29, 1.82) is 0 Å². The van der Waals surface area contributed by atoms with Crippen LogP contribution in [0.15, 0.2) is 48.5 Å². The van der Waals surface area contributed by atoms with E-state index in [0.29, 0.717) is 5.92 Å². The molecule has 0 saturated heterocycles. The number of aromatic nitrogens is 1. The zero-order valence-electron chi connectivity index (χ0n) is 14.4. The summed E-state index contributed by atoms with van der Waals surface area (Å²) in [5, 5.41) is 10.3. The number of carbonyl (C=O) groups is 1. The minimum atomic E-state index is -0.790. The molecule has 0 aliphatic rings. The summed E-state index contributed by atoms with van der Waals surface area (Å²) in [5.74, 6) is -0.266. The lowest BCUT2D eigenvalue weighted by atomic mass is 10.0. The van der Waals surface area contributed by atoms with Gasteiger partial charge in [0.1, 0.15) is 0 Å². The number of benzene rings is 2. The van der Waals surface area contributed by atoms with Crippen molar-refractivity contribution >= 4 is 16.9 Å². The number of carboxylic acid groups (broad SMARTS) is 1. The molecule has 1 heterocycles. The average molecular weight is 321 g/mol. The largest absolute Gasteiger partial charge is 0.481 e. The lowest BCUT2D eigenvalue weighted by Gasteiger charge is -2.11. The standard InChI is InChI=1S/C21H23NO2/c1-14(2)17-10-8-16(9-11-17)13-22-15(3)19(12-21(23)24)18-6-4-5-7-20(18)22/h4-11,14H,12-13H2,1-3H3,(H,23,24). The molecule has 3 rings (SSSR count). The Morgan fingerprint density at radius 2 is 1.75 bits per heavy atom. The normalized spacial score (nSPS) is 11.3. The summed E-state index contributed by atoms with van der Waals surface area (Å²) in [6.07, 6.45) is 0.0611. The summed E-state index contributed by atoms with van der Waals surface area (Å²) < 4.78 is 2.22. The van der Waals surface area contributed by atoms with Gasteiger partial charge in [0, 0.05) is 23.1 Å². The van der Waals surface area contributed by atoms with Crippen LogP contribution in [0.5, 0.6) is 0 Å².